The van der Waals surface area contributed by atoms with Crippen molar-refractivity contribution in [1.82, 2.24) is 4.57 Å². The van der Waals surface area contributed by atoms with Gasteiger partial charge in [0.1, 0.15) is 12.3 Å². The van der Waals surface area contributed by atoms with Gasteiger partial charge < -0.3 is 14.8 Å². The Hall–Kier alpha value is -3.61. The van der Waals surface area contributed by atoms with Crippen molar-refractivity contribution in [2.75, 3.05) is 19.0 Å². The molecule has 0 atom stereocenters. The van der Waals surface area contributed by atoms with Crippen LogP contribution in [-0.4, -0.2) is 30.2 Å². The molecule has 0 fully saturated rings. The highest BCUT2D eigenvalue weighted by Gasteiger charge is 2.14. The molecular weight excluding hydrogens is 384 g/mol. The van der Waals surface area contributed by atoms with Crippen LogP contribution in [0.5, 0.6) is 5.75 Å². The monoisotopic (exact) mass is 408 g/mol. The highest BCUT2D eigenvalue weighted by molar-refractivity contribution is 5.94. The Morgan fingerprint density at radius 1 is 1.10 bits per heavy atom. The number of aryl methyl sites for hydroxylation is 1. The molecule has 0 aliphatic heterocycles. The molecule has 2 aromatic carbocycles. The molecule has 1 heterocycles. The number of para-hydroxylation sites is 1. The number of rotatable bonds is 7. The van der Waals surface area contributed by atoms with E-state index in [1.54, 1.807) is 30.3 Å². The third-order valence-corrected chi connectivity index (χ3v) is 4.66. The molecule has 0 saturated carbocycles. The molecule has 7 heteroatoms. The van der Waals surface area contributed by atoms with Crippen LogP contribution in [0.15, 0.2) is 53.3 Å². The summed E-state index contributed by atoms with van der Waals surface area (Å²) < 4.78 is 11.9. The van der Waals surface area contributed by atoms with Crippen LogP contribution in [-0.2, 0) is 16.1 Å². The first kappa shape index (κ1) is 21.1. The summed E-state index contributed by atoms with van der Waals surface area (Å²) in [4.78, 5) is 37.1. The van der Waals surface area contributed by atoms with E-state index < -0.39 is 5.97 Å². The fourth-order valence-electron chi connectivity index (χ4n) is 3.20. The van der Waals surface area contributed by atoms with E-state index >= 15 is 0 Å². The molecule has 0 saturated heterocycles. The molecule has 1 N–H and O–H groups in total. The van der Waals surface area contributed by atoms with Crippen LogP contribution in [0.3, 0.4) is 0 Å². The van der Waals surface area contributed by atoms with E-state index in [0.29, 0.717) is 29.1 Å². The number of anilines is 1. The van der Waals surface area contributed by atoms with Gasteiger partial charge in [0.15, 0.2) is 0 Å². The zero-order valence-corrected chi connectivity index (χ0v) is 17.2. The Morgan fingerprint density at radius 2 is 1.83 bits per heavy atom. The van der Waals surface area contributed by atoms with Gasteiger partial charge in [-0.15, -0.1) is 0 Å². The van der Waals surface area contributed by atoms with E-state index in [0.717, 1.165) is 17.4 Å². The fraction of sp³-hybridized carbons (Fsp3) is 0.261. The van der Waals surface area contributed by atoms with Gasteiger partial charge in [-0.25, -0.2) is 4.79 Å². The lowest BCUT2D eigenvalue weighted by Crippen LogP contribution is -2.28. The summed E-state index contributed by atoms with van der Waals surface area (Å²) in [5.74, 6) is -0.245. The first-order chi connectivity index (χ1) is 14.4. The number of amides is 1. The number of fused-ring (bicyclic) bond motifs is 1. The number of carbonyl (C=O) groups excluding carboxylic acids is 2. The number of nitrogens with one attached hydrogen (secondary N) is 1. The quantitative estimate of drug-likeness (QED) is 0.605. The minimum Gasteiger partial charge on any atom is -0.495 e. The number of hydrogen-bond donors (Lipinski definition) is 1. The number of hydrogen-bond acceptors (Lipinski definition) is 5. The molecule has 156 valence electrons. The summed E-state index contributed by atoms with van der Waals surface area (Å²) in [6.45, 7) is 3.96. The van der Waals surface area contributed by atoms with Crippen LogP contribution >= 0.6 is 0 Å². The van der Waals surface area contributed by atoms with E-state index in [2.05, 4.69) is 5.32 Å². The third-order valence-electron chi connectivity index (χ3n) is 4.66. The van der Waals surface area contributed by atoms with Gasteiger partial charge in [-0.2, -0.15) is 0 Å². The molecule has 3 rings (SSSR count). The second-order valence-corrected chi connectivity index (χ2v) is 6.87. The molecule has 3 aromatic rings. The van der Waals surface area contributed by atoms with E-state index in [1.807, 2.05) is 26.0 Å². The first-order valence-corrected chi connectivity index (χ1v) is 9.68. The van der Waals surface area contributed by atoms with Crippen LogP contribution in [0.4, 0.5) is 5.69 Å². The molecule has 7 nitrogen and oxygen atoms in total. The van der Waals surface area contributed by atoms with Crippen molar-refractivity contribution in [2.45, 2.75) is 26.8 Å². The van der Waals surface area contributed by atoms with Crippen molar-refractivity contribution in [2.24, 2.45) is 0 Å². The van der Waals surface area contributed by atoms with Gasteiger partial charge in [-0.05, 0) is 49.2 Å². The molecular formula is C23H24N2O5. The zero-order valence-electron chi connectivity index (χ0n) is 17.2. The van der Waals surface area contributed by atoms with Crippen molar-refractivity contribution in [3.63, 3.8) is 0 Å². The first-order valence-electron chi connectivity index (χ1n) is 9.68. The normalized spacial score (nSPS) is 10.6. The number of methoxy groups -OCH3 is 1. The molecule has 0 bridgehead atoms. The molecule has 0 spiro atoms. The van der Waals surface area contributed by atoms with Crippen molar-refractivity contribution < 1.29 is 19.1 Å². The predicted octanol–water partition coefficient (Wildman–Crippen LogP) is 3.52. The summed E-state index contributed by atoms with van der Waals surface area (Å²) in [5.41, 5.74) is 2.04. The highest BCUT2D eigenvalue weighted by atomic mass is 16.5. The second-order valence-electron chi connectivity index (χ2n) is 6.87. The minimum atomic E-state index is -0.403. The summed E-state index contributed by atoms with van der Waals surface area (Å²) in [5, 5.41) is 3.60. The van der Waals surface area contributed by atoms with Gasteiger partial charge in [-0.1, -0.05) is 19.1 Å². The molecule has 0 radical (unpaired) electrons. The summed E-state index contributed by atoms with van der Waals surface area (Å²) >= 11 is 0. The SMILES string of the molecule is CCCOC(=O)c1ccc(NC(=O)Cn2c(=O)cc(C)c3cccc(OC)c32)cc1. The fourth-order valence-corrected chi connectivity index (χ4v) is 3.20. The van der Waals surface area contributed by atoms with Crippen molar-refractivity contribution in [3.8, 4) is 5.75 Å². The van der Waals surface area contributed by atoms with Crippen LogP contribution in [0.1, 0.15) is 29.3 Å². The van der Waals surface area contributed by atoms with Crippen molar-refractivity contribution in [1.29, 1.82) is 0 Å². The van der Waals surface area contributed by atoms with Crippen LogP contribution in [0.25, 0.3) is 10.9 Å². The Morgan fingerprint density at radius 3 is 2.50 bits per heavy atom. The lowest BCUT2D eigenvalue weighted by molar-refractivity contribution is -0.116. The predicted molar refractivity (Wildman–Crippen MR) is 115 cm³/mol. The summed E-state index contributed by atoms with van der Waals surface area (Å²) in [7, 11) is 1.53. The van der Waals surface area contributed by atoms with E-state index in [-0.39, 0.29) is 18.0 Å². The smallest absolute Gasteiger partial charge is 0.338 e. The molecule has 1 amide bonds. The standard InChI is InChI=1S/C23H24N2O5/c1-4-12-30-23(28)16-8-10-17(11-9-16)24-20(26)14-25-21(27)13-15(2)18-6-5-7-19(29-3)22(18)25/h5-11,13H,4,12,14H2,1-3H3,(H,24,26). The maximum atomic E-state index is 12.6. The number of ether oxygens (including phenoxy) is 2. The maximum absolute atomic E-state index is 12.6. The Labute approximate surface area is 174 Å². The molecule has 0 unspecified atom stereocenters. The Kier molecular flexibility index (Phi) is 6.51. The molecule has 30 heavy (non-hydrogen) atoms. The van der Waals surface area contributed by atoms with Gasteiger partial charge in [0.25, 0.3) is 5.56 Å². The Balaban J connectivity index is 1.81. The summed E-state index contributed by atoms with van der Waals surface area (Å²) in [6.07, 6.45) is 0.748. The molecule has 0 aliphatic rings. The van der Waals surface area contributed by atoms with Crippen LogP contribution in [0, 0.1) is 6.92 Å². The van der Waals surface area contributed by atoms with E-state index in [9.17, 15) is 14.4 Å². The Bertz CT molecular complexity index is 1130. The molecule has 1 aromatic heterocycles. The average Bonchev–Trinajstić information content (AvgIpc) is 2.75. The zero-order chi connectivity index (χ0) is 21.7. The van der Waals surface area contributed by atoms with Gasteiger partial charge in [-0.3, -0.25) is 14.2 Å². The van der Waals surface area contributed by atoms with Gasteiger partial charge >= 0.3 is 5.97 Å². The van der Waals surface area contributed by atoms with Gasteiger partial charge in [0.05, 0.1) is 24.8 Å². The third kappa shape index (κ3) is 4.51. The number of benzene rings is 2. The number of pyridine rings is 1. The largest absolute Gasteiger partial charge is 0.495 e. The highest BCUT2D eigenvalue weighted by Crippen LogP contribution is 2.26. The number of carbonyl (C=O) groups is 2. The number of aromatic nitrogens is 1. The lowest BCUT2D eigenvalue weighted by Gasteiger charge is -2.15. The molecule has 0 aliphatic carbocycles. The average molecular weight is 408 g/mol. The maximum Gasteiger partial charge on any atom is 0.338 e. The minimum absolute atomic E-state index is 0.170. The van der Waals surface area contributed by atoms with E-state index in [4.69, 9.17) is 9.47 Å². The van der Waals surface area contributed by atoms with Crippen molar-refractivity contribution >= 4 is 28.5 Å². The topological polar surface area (TPSA) is 86.6 Å². The van der Waals surface area contributed by atoms with Gasteiger partial charge in [0.2, 0.25) is 5.91 Å². The number of nitrogens with zero attached hydrogens (tertiary/aromatic N) is 1. The van der Waals surface area contributed by atoms with Gasteiger partial charge in [0, 0.05) is 17.1 Å². The lowest BCUT2D eigenvalue weighted by atomic mass is 10.1. The van der Waals surface area contributed by atoms with E-state index in [1.165, 1.54) is 17.7 Å². The second kappa shape index (κ2) is 9.26. The number of esters is 1. The van der Waals surface area contributed by atoms with Crippen molar-refractivity contribution in [3.05, 3.63) is 70.0 Å². The summed E-state index contributed by atoms with van der Waals surface area (Å²) in [6, 6.07) is 13.4. The van der Waals surface area contributed by atoms with Crippen LogP contribution in [0.2, 0.25) is 0 Å². The van der Waals surface area contributed by atoms with Crippen LogP contribution < -0.4 is 15.6 Å².